The van der Waals surface area contributed by atoms with Gasteiger partial charge in [-0.1, -0.05) is 0 Å². The highest BCUT2D eigenvalue weighted by molar-refractivity contribution is 7.09. The summed E-state index contributed by atoms with van der Waals surface area (Å²) < 4.78 is 4.96. The van der Waals surface area contributed by atoms with Gasteiger partial charge >= 0.3 is 5.97 Å². The van der Waals surface area contributed by atoms with E-state index in [1.165, 1.54) is 0 Å². The summed E-state index contributed by atoms with van der Waals surface area (Å²) in [7, 11) is 0. The number of hydrogen-bond acceptors (Lipinski definition) is 7. The normalized spacial score (nSPS) is 10.4. The second kappa shape index (κ2) is 7.03. The minimum Gasteiger partial charge on any atom is -0.462 e. The maximum atomic E-state index is 11.7. The molecule has 0 aromatic carbocycles. The molecule has 0 saturated carbocycles. The molecule has 0 spiro atoms. The Labute approximate surface area is 127 Å². The molecule has 112 valence electrons. The van der Waals surface area contributed by atoms with E-state index in [9.17, 15) is 4.79 Å². The average molecular weight is 306 g/mol. The maximum absolute atomic E-state index is 11.7. The number of hydrogen-bond donors (Lipinski definition) is 2. The number of pyridine rings is 1. The van der Waals surface area contributed by atoms with Gasteiger partial charge in [-0.05, 0) is 19.9 Å². The smallest absolute Gasteiger partial charge is 0.340 e. The number of ether oxygens (including phenoxy) is 1. The van der Waals surface area contributed by atoms with Crippen LogP contribution in [0.3, 0.4) is 0 Å². The number of nitrogens with one attached hydrogen (secondary N) is 1. The van der Waals surface area contributed by atoms with E-state index >= 15 is 0 Å². The van der Waals surface area contributed by atoms with Crippen molar-refractivity contribution in [2.45, 2.75) is 20.3 Å². The molecular weight excluding hydrogens is 288 g/mol. The van der Waals surface area contributed by atoms with Gasteiger partial charge in [-0.15, -0.1) is 11.3 Å². The molecule has 0 unspecified atom stereocenters. The highest BCUT2D eigenvalue weighted by Gasteiger charge is 2.14. The van der Waals surface area contributed by atoms with Crippen LogP contribution in [0.5, 0.6) is 0 Å². The van der Waals surface area contributed by atoms with Gasteiger partial charge < -0.3 is 15.8 Å². The van der Waals surface area contributed by atoms with Gasteiger partial charge in [0.15, 0.2) is 0 Å². The number of aromatic nitrogens is 2. The molecule has 0 radical (unpaired) electrons. The van der Waals surface area contributed by atoms with Crippen molar-refractivity contribution in [2.24, 2.45) is 0 Å². The zero-order valence-corrected chi connectivity index (χ0v) is 12.9. The number of nitrogen functional groups attached to an aromatic ring is 1. The molecule has 0 atom stereocenters. The van der Waals surface area contributed by atoms with Crippen molar-refractivity contribution in [1.82, 2.24) is 9.97 Å². The topological polar surface area (TPSA) is 90.1 Å². The second-order valence-electron chi connectivity index (χ2n) is 4.40. The van der Waals surface area contributed by atoms with Crippen molar-refractivity contribution < 1.29 is 9.53 Å². The third-order valence-electron chi connectivity index (χ3n) is 2.78. The molecule has 2 heterocycles. The van der Waals surface area contributed by atoms with Crippen LogP contribution < -0.4 is 11.1 Å². The number of nitrogens with two attached hydrogens (primary N) is 1. The number of carbonyl (C=O) groups excluding carboxylic acids is 1. The summed E-state index contributed by atoms with van der Waals surface area (Å²) in [6.45, 7) is 4.68. The first-order chi connectivity index (χ1) is 10.1. The van der Waals surface area contributed by atoms with Crippen LogP contribution in [-0.4, -0.2) is 29.1 Å². The summed E-state index contributed by atoms with van der Waals surface area (Å²) in [6, 6.07) is 1.56. The number of aryl methyl sites for hydroxylation is 1. The third kappa shape index (κ3) is 3.91. The lowest BCUT2D eigenvalue weighted by molar-refractivity contribution is 0.0527. The highest BCUT2D eigenvalue weighted by Crippen LogP contribution is 2.21. The SMILES string of the molecule is CCOC(=O)c1ccnc(NCCc2nc(C)cs2)c1N. The lowest BCUT2D eigenvalue weighted by atomic mass is 10.2. The van der Waals surface area contributed by atoms with E-state index in [2.05, 4.69) is 15.3 Å². The highest BCUT2D eigenvalue weighted by atomic mass is 32.1. The first kappa shape index (κ1) is 15.2. The first-order valence-electron chi connectivity index (χ1n) is 6.68. The summed E-state index contributed by atoms with van der Waals surface area (Å²) >= 11 is 1.63. The predicted molar refractivity (Wildman–Crippen MR) is 83.7 cm³/mol. The lowest BCUT2D eigenvalue weighted by Gasteiger charge is -2.10. The number of esters is 1. The van der Waals surface area contributed by atoms with Crippen LogP contribution in [0.2, 0.25) is 0 Å². The van der Waals surface area contributed by atoms with Crippen molar-refractivity contribution in [3.63, 3.8) is 0 Å². The summed E-state index contributed by atoms with van der Waals surface area (Å²) in [5.41, 5.74) is 7.63. The minimum atomic E-state index is -0.434. The van der Waals surface area contributed by atoms with Crippen LogP contribution in [0, 0.1) is 6.92 Å². The summed E-state index contributed by atoms with van der Waals surface area (Å²) in [5, 5.41) is 6.20. The molecule has 0 bridgehead atoms. The van der Waals surface area contributed by atoms with Crippen molar-refractivity contribution in [3.05, 3.63) is 33.9 Å². The molecule has 0 aliphatic carbocycles. The average Bonchev–Trinajstić information content (AvgIpc) is 2.86. The Bertz CT molecular complexity index is 627. The molecule has 0 amide bonds. The summed E-state index contributed by atoms with van der Waals surface area (Å²) in [6.07, 6.45) is 2.32. The number of nitrogens with zero attached hydrogens (tertiary/aromatic N) is 2. The Morgan fingerprint density at radius 3 is 3.00 bits per heavy atom. The largest absolute Gasteiger partial charge is 0.462 e. The number of anilines is 2. The van der Waals surface area contributed by atoms with E-state index in [1.54, 1.807) is 30.5 Å². The zero-order chi connectivity index (χ0) is 15.2. The Balaban J connectivity index is 2.00. The van der Waals surface area contributed by atoms with Crippen molar-refractivity contribution >= 4 is 28.8 Å². The van der Waals surface area contributed by atoms with Crippen LogP contribution in [0.25, 0.3) is 0 Å². The predicted octanol–water partition coefficient (Wildman–Crippen LogP) is 2.26. The standard InChI is InChI=1S/C14H18N4O2S/c1-3-20-14(19)10-4-6-16-13(12(10)15)17-7-5-11-18-9(2)8-21-11/h4,6,8H,3,5,7,15H2,1-2H3,(H,16,17). The Hall–Kier alpha value is -2.15. The van der Waals surface area contributed by atoms with E-state index in [0.29, 0.717) is 30.2 Å². The molecule has 3 N–H and O–H groups in total. The Morgan fingerprint density at radius 1 is 1.52 bits per heavy atom. The molecule has 6 nitrogen and oxygen atoms in total. The van der Waals surface area contributed by atoms with Crippen molar-refractivity contribution in [2.75, 3.05) is 24.2 Å². The molecule has 0 aliphatic rings. The fourth-order valence-electron chi connectivity index (χ4n) is 1.81. The van der Waals surface area contributed by atoms with Crippen LogP contribution >= 0.6 is 11.3 Å². The molecule has 2 aromatic rings. The molecular formula is C14H18N4O2S. The van der Waals surface area contributed by atoms with Crippen LogP contribution in [0.15, 0.2) is 17.6 Å². The Morgan fingerprint density at radius 2 is 2.33 bits per heavy atom. The van der Waals surface area contributed by atoms with Crippen LogP contribution in [0.4, 0.5) is 11.5 Å². The maximum Gasteiger partial charge on any atom is 0.340 e. The first-order valence-corrected chi connectivity index (χ1v) is 7.56. The van der Waals surface area contributed by atoms with Crippen molar-refractivity contribution in [3.8, 4) is 0 Å². The van der Waals surface area contributed by atoms with Gasteiger partial charge in [0.25, 0.3) is 0 Å². The number of rotatable bonds is 6. The van der Waals surface area contributed by atoms with Gasteiger partial charge in [-0.3, -0.25) is 0 Å². The van der Waals surface area contributed by atoms with Gasteiger partial charge in [-0.25, -0.2) is 14.8 Å². The van der Waals surface area contributed by atoms with E-state index < -0.39 is 5.97 Å². The quantitative estimate of drug-likeness (QED) is 0.796. The molecule has 0 aliphatic heterocycles. The Kier molecular flexibility index (Phi) is 5.10. The summed E-state index contributed by atoms with van der Waals surface area (Å²) in [4.78, 5) is 20.3. The number of thiazole rings is 1. The van der Waals surface area contributed by atoms with E-state index in [-0.39, 0.29) is 0 Å². The van der Waals surface area contributed by atoms with Crippen LogP contribution in [-0.2, 0) is 11.2 Å². The van der Waals surface area contributed by atoms with Gasteiger partial charge in [0.05, 0.1) is 22.9 Å². The number of carbonyl (C=O) groups is 1. The third-order valence-corrected chi connectivity index (χ3v) is 3.81. The molecule has 2 rings (SSSR count). The monoisotopic (exact) mass is 306 g/mol. The van der Waals surface area contributed by atoms with E-state index in [1.807, 2.05) is 12.3 Å². The summed E-state index contributed by atoms with van der Waals surface area (Å²) in [5.74, 6) is 0.0600. The molecule has 0 fully saturated rings. The molecule has 2 aromatic heterocycles. The molecule has 21 heavy (non-hydrogen) atoms. The fraction of sp³-hybridized carbons (Fsp3) is 0.357. The molecule has 7 heteroatoms. The van der Waals surface area contributed by atoms with E-state index in [4.69, 9.17) is 10.5 Å². The van der Waals surface area contributed by atoms with Crippen molar-refractivity contribution in [1.29, 1.82) is 0 Å². The van der Waals surface area contributed by atoms with E-state index in [0.717, 1.165) is 17.1 Å². The molecule has 0 saturated heterocycles. The van der Waals surface area contributed by atoms with Gasteiger partial charge in [0.1, 0.15) is 5.82 Å². The van der Waals surface area contributed by atoms with Gasteiger partial charge in [0, 0.05) is 30.2 Å². The van der Waals surface area contributed by atoms with Gasteiger partial charge in [0.2, 0.25) is 0 Å². The van der Waals surface area contributed by atoms with Crippen LogP contribution in [0.1, 0.15) is 28.0 Å². The zero-order valence-electron chi connectivity index (χ0n) is 12.0. The fourth-order valence-corrected chi connectivity index (χ4v) is 2.58. The van der Waals surface area contributed by atoms with Gasteiger partial charge in [-0.2, -0.15) is 0 Å². The minimum absolute atomic E-state index is 0.311. The second-order valence-corrected chi connectivity index (χ2v) is 5.34. The lowest BCUT2D eigenvalue weighted by Crippen LogP contribution is -2.13.